The SMILES string of the molecule is CC1(C)c2ccccc2-c2cc(-c3cccc4c5c6ccccc6ccc5n(-c5nc(-c6ccccc6)nc(-c6ccc(-c7ccccc7)cc6)n5)c34)ccc21. The van der Waals surface area contributed by atoms with E-state index in [1.165, 1.54) is 44.0 Å². The lowest BCUT2D eigenvalue weighted by Crippen LogP contribution is -2.14. The number of benzene rings is 8. The number of para-hydroxylation sites is 1. The first-order valence-electron chi connectivity index (χ1n) is 19.2. The highest BCUT2D eigenvalue weighted by Crippen LogP contribution is 2.50. The smallest absolute Gasteiger partial charge is 0.238 e. The number of aromatic nitrogens is 4. The van der Waals surface area contributed by atoms with Crippen LogP contribution in [0.25, 0.3) is 94.7 Å². The van der Waals surface area contributed by atoms with Crippen LogP contribution in [0.5, 0.6) is 0 Å². The molecule has 10 aromatic rings. The molecule has 0 aliphatic heterocycles. The molecule has 2 aromatic heterocycles. The summed E-state index contributed by atoms with van der Waals surface area (Å²) in [5.74, 6) is 1.83. The average molecular weight is 717 g/mol. The van der Waals surface area contributed by atoms with Crippen LogP contribution in [0.1, 0.15) is 25.0 Å². The van der Waals surface area contributed by atoms with Gasteiger partial charge >= 0.3 is 0 Å². The molecule has 1 aliphatic carbocycles. The van der Waals surface area contributed by atoms with Crippen LogP contribution in [-0.2, 0) is 5.41 Å². The van der Waals surface area contributed by atoms with Crippen LogP contribution in [0.3, 0.4) is 0 Å². The zero-order valence-electron chi connectivity index (χ0n) is 31.1. The van der Waals surface area contributed by atoms with Gasteiger partial charge in [0.2, 0.25) is 5.95 Å². The van der Waals surface area contributed by atoms with Crippen molar-refractivity contribution in [2.75, 3.05) is 0 Å². The van der Waals surface area contributed by atoms with Gasteiger partial charge < -0.3 is 0 Å². The van der Waals surface area contributed by atoms with Crippen molar-refractivity contribution in [3.63, 3.8) is 0 Å². The Morgan fingerprint density at radius 2 is 0.982 bits per heavy atom. The third-order valence-electron chi connectivity index (χ3n) is 11.7. The molecule has 0 bridgehead atoms. The van der Waals surface area contributed by atoms with Crippen molar-refractivity contribution in [1.29, 1.82) is 0 Å². The van der Waals surface area contributed by atoms with E-state index in [1.807, 2.05) is 24.3 Å². The Labute approximate surface area is 325 Å². The molecule has 0 saturated heterocycles. The highest BCUT2D eigenvalue weighted by molar-refractivity contribution is 6.23. The monoisotopic (exact) mass is 716 g/mol. The highest BCUT2D eigenvalue weighted by atomic mass is 15.2. The quantitative estimate of drug-likeness (QED) is 0.178. The molecule has 0 radical (unpaired) electrons. The minimum absolute atomic E-state index is 0.0707. The van der Waals surface area contributed by atoms with Crippen LogP contribution in [-0.4, -0.2) is 19.5 Å². The van der Waals surface area contributed by atoms with Crippen molar-refractivity contribution < 1.29 is 0 Å². The molecule has 4 heteroatoms. The molecule has 0 saturated carbocycles. The van der Waals surface area contributed by atoms with E-state index in [-0.39, 0.29) is 5.41 Å². The summed E-state index contributed by atoms with van der Waals surface area (Å²) in [6.45, 7) is 4.66. The third kappa shape index (κ3) is 4.96. The summed E-state index contributed by atoms with van der Waals surface area (Å²) >= 11 is 0. The molecule has 2 heterocycles. The molecule has 0 fully saturated rings. The Bertz CT molecular complexity index is 3140. The van der Waals surface area contributed by atoms with Gasteiger partial charge in [-0.25, -0.2) is 4.98 Å². The summed E-state index contributed by atoms with van der Waals surface area (Å²) in [5, 5.41) is 4.74. The van der Waals surface area contributed by atoms with Crippen LogP contribution in [0.15, 0.2) is 182 Å². The number of rotatable bonds is 5. The summed E-state index contributed by atoms with van der Waals surface area (Å²) in [7, 11) is 0. The molecule has 1 aliphatic rings. The zero-order chi connectivity index (χ0) is 37.4. The van der Waals surface area contributed by atoms with E-state index in [9.17, 15) is 0 Å². The molecule has 0 spiro atoms. The van der Waals surface area contributed by atoms with E-state index >= 15 is 0 Å². The van der Waals surface area contributed by atoms with E-state index in [1.54, 1.807) is 0 Å². The van der Waals surface area contributed by atoms with Gasteiger partial charge in [-0.2, -0.15) is 9.97 Å². The molecule has 56 heavy (non-hydrogen) atoms. The van der Waals surface area contributed by atoms with Crippen LogP contribution >= 0.6 is 0 Å². The second kappa shape index (κ2) is 12.4. The molecular weight excluding hydrogens is 681 g/mol. The Morgan fingerprint density at radius 1 is 0.411 bits per heavy atom. The lowest BCUT2D eigenvalue weighted by molar-refractivity contribution is 0.660. The second-order valence-electron chi connectivity index (χ2n) is 15.2. The lowest BCUT2D eigenvalue weighted by Gasteiger charge is -2.21. The van der Waals surface area contributed by atoms with Crippen LogP contribution < -0.4 is 0 Å². The molecule has 264 valence electrons. The second-order valence-corrected chi connectivity index (χ2v) is 15.2. The first kappa shape index (κ1) is 32.3. The minimum atomic E-state index is -0.0707. The lowest BCUT2D eigenvalue weighted by atomic mass is 9.82. The molecule has 8 aromatic carbocycles. The van der Waals surface area contributed by atoms with Crippen molar-refractivity contribution >= 4 is 32.6 Å². The highest BCUT2D eigenvalue weighted by Gasteiger charge is 2.35. The maximum Gasteiger partial charge on any atom is 0.238 e. The number of hydrogen-bond donors (Lipinski definition) is 0. The Morgan fingerprint density at radius 3 is 1.77 bits per heavy atom. The molecule has 0 amide bonds. The summed E-state index contributed by atoms with van der Waals surface area (Å²) < 4.78 is 2.27. The average Bonchev–Trinajstić information content (AvgIpc) is 3.73. The summed E-state index contributed by atoms with van der Waals surface area (Å²) in [4.78, 5) is 15.8. The van der Waals surface area contributed by atoms with Gasteiger partial charge in [0.25, 0.3) is 0 Å². The molecule has 0 unspecified atom stereocenters. The van der Waals surface area contributed by atoms with Gasteiger partial charge in [-0.05, 0) is 61.8 Å². The van der Waals surface area contributed by atoms with Gasteiger partial charge in [0, 0.05) is 32.9 Å². The van der Waals surface area contributed by atoms with E-state index in [2.05, 4.69) is 176 Å². The van der Waals surface area contributed by atoms with Gasteiger partial charge in [-0.3, -0.25) is 4.57 Å². The number of hydrogen-bond acceptors (Lipinski definition) is 3. The molecule has 4 nitrogen and oxygen atoms in total. The van der Waals surface area contributed by atoms with Crippen molar-refractivity contribution in [2.24, 2.45) is 0 Å². The Hall–Kier alpha value is -7.17. The summed E-state index contributed by atoms with van der Waals surface area (Å²) in [5.41, 5.74) is 13.8. The van der Waals surface area contributed by atoms with E-state index in [0.29, 0.717) is 17.6 Å². The fourth-order valence-electron chi connectivity index (χ4n) is 8.92. The normalized spacial score (nSPS) is 13.0. The van der Waals surface area contributed by atoms with Gasteiger partial charge in [0.1, 0.15) is 0 Å². The zero-order valence-corrected chi connectivity index (χ0v) is 31.1. The Balaban J connectivity index is 1.20. The number of nitrogens with zero attached hydrogens (tertiary/aromatic N) is 4. The molecule has 11 rings (SSSR count). The van der Waals surface area contributed by atoms with Crippen molar-refractivity contribution in [3.8, 4) is 62.1 Å². The molecule has 0 atom stereocenters. The summed E-state index contributed by atoms with van der Waals surface area (Å²) in [6, 6.07) is 64.8. The topological polar surface area (TPSA) is 43.6 Å². The Kier molecular flexibility index (Phi) is 7.17. The van der Waals surface area contributed by atoms with Gasteiger partial charge in [0.15, 0.2) is 11.6 Å². The fraction of sp³-hybridized carbons (Fsp3) is 0.0577. The molecular formula is C52H36N4. The standard InChI is InChI=1S/C52H36N4/c1-52(2)44-23-12-11-20-41(44)43-32-38(28-30-45(43)52)40-21-13-22-42-47-39-19-10-9-16-35(39)29-31-46(47)56(48(40)42)51-54-49(36-17-7-4-8-18-36)53-50(55-51)37-26-24-34(25-27-37)33-14-5-3-6-15-33/h3-32H,1-2H3. The largest absolute Gasteiger partial charge is 0.277 e. The first-order valence-corrected chi connectivity index (χ1v) is 19.2. The summed E-state index contributed by atoms with van der Waals surface area (Å²) in [6.07, 6.45) is 0. The van der Waals surface area contributed by atoms with E-state index in [4.69, 9.17) is 15.0 Å². The predicted octanol–water partition coefficient (Wildman–Crippen LogP) is 13.1. The van der Waals surface area contributed by atoms with E-state index < -0.39 is 0 Å². The maximum atomic E-state index is 5.34. The minimum Gasteiger partial charge on any atom is -0.277 e. The van der Waals surface area contributed by atoms with E-state index in [0.717, 1.165) is 44.2 Å². The van der Waals surface area contributed by atoms with Crippen molar-refractivity contribution in [2.45, 2.75) is 19.3 Å². The van der Waals surface area contributed by atoms with Crippen molar-refractivity contribution in [1.82, 2.24) is 19.5 Å². The van der Waals surface area contributed by atoms with Gasteiger partial charge in [-0.15, -0.1) is 0 Å². The number of fused-ring (bicyclic) bond motifs is 8. The van der Waals surface area contributed by atoms with Crippen LogP contribution in [0.2, 0.25) is 0 Å². The van der Waals surface area contributed by atoms with Crippen molar-refractivity contribution in [3.05, 3.63) is 193 Å². The molecule has 0 N–H and O–H groups in total. The fourth-order valence-corrected chi connectivity index (χ4v) is 8.92. The van der Waals surface area contributed by atoms with Crippen LogP contribution in [0.4, 0.5) is 0 Å². The van der Waals surface area contributed by atoms with Gasteiger partial charge in [0.05, 0.1) is 11.0 Å². The maximum absolute atomic E-state index is 5.34. The first-order chi connectivity index (χ1) is 27.5. The predicted molar refractivity (Wildman–Crippen MR) is 231 cm³/mol. The van der Waals surface area contributed by atoms with Crippen LogP contribution in [0, 0.1) is 0 Å². The third-order valence-corrected chi connectivity index (χ3v) is 11.7. The van der Waals surface area contributed by atoms with Gasteiger partial charge in [-0.1, -0.05) is 184 Å².